The van der Waals surface area contributed by atoms with Crippen LogP contribution in [0.4, 0.5) is 8.78 Å². The molecule has 0 radical (unpaired) electrons. The number of aliphatic hydroxyl groups excluding tert-OH is 1. The summed E-state index contributed by atoms with van der Waals surface area (Å²) in [5.74, 6) is -0.437. The number of rotatable bonds is 5. The molecule has 0 aromatic heterocycles. The van der Waals surface area contributed by atoms with E-state index < -0.39 is 12.7 Å². The van der Waals surface area contributed by atoms with Crippen LogP contribution in [0.25, 0.3) is 0 Å². The second-order valence-electron chi connectivity index (χ2n) is 5.28. The minimum Gasteiger partial charge on any atom is -0.435 e. The number of alkyl halides is 2. The van der Waals surface area contributed by atoms with Gasteiger partial charge in [-0.3, -0.25) is 4.79 Å². The Kier molecular flexibility index (Phi) is 5.12. The van der Waals surface area contributed by atoms with Gasteiger partial charge in [-0.05, 0) is 43.9 Å². The van der Waals surface area contributed by atoms with Crippen LogP contribution >= 0.6 is 0 Å². The predicted octanol–water partition coefficient (Wildman–Crippen LogP) is 2.63. The molecule has 2 N–H and O–H groups in total. The van der Waals surface area contributed by atoms with E-state index in [2.05, 4.69) is 10.1 Å². The fraction of sp³-hybridized carbons (Fsp3) is 0.533. The van der Waals surface area contributed by atoms with Crippen LogP contribution in [0.15, 0.2) is 24.3 Å². The molecular weight excluding hydrogens is 280 g/mol. The lowest BCUT2D eigenvalue weighted by molar-refractivity contribution is -0.128. The van der Waals surface area contributed by atoms with Crippen molar-refractivity contribution in [3.8, 4) is 5.75 Å². The summed E-state index contributed by atoms with van der Waals surface area (Å²) in [5, 5.41) is 12.6. The number of hydrogen-bond acceptors (Lipinski definition) is 3. The van der Waals surface area contributed by atoms with Gasteiger partial charge in [-0.1, -0.05) is 12.1 Å². The molecule has 1 aliphatic rings. The second kappa shape index (κ2) is 6.85. The van der Waals surface area contributed by atoms with Crippen LogP contribution in [0, 0.1) is 5.92 Å². The lowest BCUT2D eigenvalue weighted by atomic mass is 10.0. The first-order valence-electron chi connectivity index (χ1n) is 7.00. The van der Waals surface area contributed by atoms with E-state index >= 15 is 0 Å². The summed E-state index contributed by atoms with van der Waals surface area (Å²) < 4.78 is 28.4. The molecule has 116 valence electrons. The van der Waals surface area contributed by atoms with Crippen molar-refractivity contribution in [2.24, 2.45) is 5.92 Å². The lowest BCUT2D eigenvalue weighted by Gasteiger charge is -2.19. The number of carbonyl (C=O) groups excluding carboxylic acids is 1. The molecule has 6 heteroatoms. The monoisotopic (exact) mass is 299 g/mol. The van der Waals surface area contributed by atoms with E-state index in [-0.39, 0.29) is 23.6 Å². The first-order valence-corrected chi connectivity index (χ1v) is 7.00. The minimum absolute atomic E-state index is 0.0819. The van der Waals surface area contributed by atoms with Gasteiger partial charge in [0, 0.05) is 0 Å². The zero-order valence-corrected chi connectivity index (χ0v) is 11.8. The molecule has 2 rings (SSSR count). The van der Waals surface area contributed by atoms with Crippen LogP contribution in [-0.4, -0.2) is 23.7 Å². The van der Waals surface area contributed by atoms with Gasteiger partial charge in [-0.15, -0.1) is 0 Å². The smallest absolute Gasteiger partial charge is 0.387 e. The highest BCUT2D eigenvalue weighted by molar-refractivity contribution is 5.80. The van der Waals surface area contributed by atoms with Gasteiger partial charge >= 0.3 is 6.61 Å². The minimum atomic E-state index is -2.85. The maximum atomic E-state index is 12.1. The topological polar surface area (TPSA) is 58.6 Å². The maximum Gasteiger partial charge on any atom is 0.387 e. The summed E-state index contributed by atoms with van der Waals surface area (Å²) in [4.78, 5) is 12.1. The van der Waals surface area contributed by atoms with E-state index in [1.165, 1.54) is 12.1 Å². The molecule has 4 nitrogen and oxygen atoms in total. The van der Waals surface area contributed by atoms with Crippen LogP contribution in [0.1, 0.15) is 37.8 Å². The summed E-state index contributed by atoms with van der Waals surface area (Å²) in [6, 6.07) is 5.89. The fourth-order valence-electron chi connectivity index (χ4n) is 2.59. The number of amides is 1. The Morgan fingerprint density at radius 1 is 1.33 bits per heavy atom. The molecular formula is C15H19F2NO3. The quantitative estimate of drug-likeness (QED) is 0.878. The van der Waals surface area contributed by atoms with Gasteiger partial charge in [0.05, 0.1) is 18.1 Å². The summed E-state index contributed by atoms with van der Waals surface area (Å²) in [6.07, 6.45) is 1.64. The van der Waals surface area contributed by atoms with Crippen molar-refractivity contribution in [3.05, 3.63) is 29.8 Å². The van der Waals surface area contributed by atoms with Crippen molar-refractivity contribution < 1.29 is 23.4 Å². The standard InChI is InChI=1S/C15H19F2NO3/c1-9(18-14(20)12-3-2-4-13(12)19)10-5-7-11(8-6-10)21-15(16)17/h5-9,12-13,15,19H,2-4H2,1H3,(H,18,20). The number of halogens is 2. The normalized spacial score (nSPS) is 23.1. The van der Waals surface area contributed by atoms with Crippen LogP contribution < -0.4 is 10.1 Å². The molecule has 1 aromatic carbocycles. The number of aliphatic hydroxyl groups is 1. The van der Waals surface area contributed by atoms with Crippen molar-refractivity contribution >= 4 is 5.91 Å². The Morgan fingerprint density at radius 3 is 2.52 bits per heavy atom. The molecule has 1 fully saturated rings. The van der Waals surface area contributed by atoms with Crippen molar-refractivity contribution in [3.63, 3.8) is 0 Å². The molecule has 21 heavy (non-hydrogen) atoms. The summed E-state index contributed by atoms with van der Waals surface area (Å²) in [5.41, 5.74) is 0.789. The largest absolute Gasteiger partial charge is 0.435 e. The zero-order chi connectivity index (χ0) is 15.4. The molecule has 1 saturated carbocycles. The molecule has 3 atom stereocenters. The molecule has 1 aromatic rings. The Labute approximate surface area is 122 Å². The Morgan fingerprint density at radius 2 is 2.00 bits per heavy atom. The average molecular weight is 299 g/mol. The molecule has 0 heterocycles. The number of hydrogen-bond donors (Lipinski definition) is 2. The van der Waals surface area contributed by atoms with Crippen molar-refractivity contribution in [2.75, 3.05) is 0 Å². The predicted molar refractivity (Wildman–Crippen MR) is 73.0 cm³/mol. The van der Waals surface area contributed by atoms with E-state index in [1.807, 2.05) is 6.92 Å². The summed E-state index contributed by atoms with van der Waals surface area (Å²) in [7, 11) is 0. The molecule has 1 amide bonds. The third-order valence-corrected chi connectivity index (χ3v) is 3.78. The highest BCUT2D eigenvalue weighted by atomic mass is 19.3. The summed E-state index contributed by atoms with van der Waals surface area (Å²) >= 11 is 0. The Hall–Kier alpha value is -1.69. The lowest BCUT2D eigenvalue weighted by Crippen LogP contribution is -2.36. The molecule has 0 spiro atoms. The van der Waals surface area contributed by atoms with E-state index in [0.717, 1.165) is 12.0 Å². The number of nitrogens with one attached hydrogen (secondary N) is 1. The van der Waals surface area contributed by atoms with Crippen LogP contribution in [0.3, 0.4) is 0 Å². The SMILES string of the molecule is CC(NC(=O)C1CCCC1O)c1ccc(OC(F)F)cc1. The first-order chi connectivity index (χ1) is 9.97. The van der Waals surface area contributed by atoms with E-state index in [9.17, 15) is 18.7 Å². The first kappa shape index (κ1) is 15.7. The van der Waals surface area contributed by atoms with E-state index in [4.69, 9.17) is 0 Å². The maximum absolute atomic E-state index is 12.1. The Bertz CT molecular complexity index is 478. The van der Waals surface area contributed by atoms with Gasteiger partial charge in [-0.25, -0.2) is 0 Å². The van der Waals surface area contributed by atoms with Gasteiger partial charge in [0.15, 0.2) is 0 Å². The van der Waals surface area contributed by atoms with Crippen LogP contribution in [0.2, 0.25) is 0 Å². The van der Waals surface area contributed by atoms with Crippen LogP contribution in [-0.2, 0) is 4.79 Å². The fourth-order valence-corrected chi connectivity index (χ4v) is 2.59. The second-order valence-corrected chi connectivity index (χ2v) is 5.28. The van der Waals surface area contributed by atoms with Crippen molar-refractivity contribution in [2.45, 2.75) is 44.9 Å². The van der Waals surface area contributed by atoms with E-state index in [1.54, 1.807) is 12.1 Å². The third-order valence-electron chi connectivity index (χ3n) is 3.78. The van der Waals surface area contributed by atoms with Gasteiger partial charge in [0.1, 0.15) is 5.75 Å². The number of carbonyl (C=O) groups is 1. The van der Waals surface area contributed by atoms with Gasteiger partial charge in [0.2, 0.25) is 5.91 Å². The van der Waals surface area contributed by atoms with E-state index in [0.29, 0.717) is 12.8 Å². The Balaban J connectivity index is 1.93. The highest BCUT2D eigenvalue weighted by Crippen LogP contribution is 2.27. The summed E-state index contributed by atoms with van der Waals surface area (Å²) in [6.45, 7) is -1.04. The average Bonchev–Trinajstić information content (AvgIpc) is 2.85. The molecule has 3 unspecified atom stereocenters. The van der Waals surface area contributed by atoms with Gasteiger partial charge < -0.3 is 15.2 Å². The number of benzene rings is 1. The van der Waals surface area contributed by atoms with Gasteiger partial charge in [-0.2, -0.15) is 8.78 Å². The van der Waals surface area contributed by atoms with Gasteiger partial charge in [0.25, 0.3) is 0 Å². The molecule has 1 aliphatic carbocycles. The third kappa shape index (κ3) is 4.14. The van der Waals surface area contributed by atoms with Crippen molar-refractivity contribution in [1.82, 2.24) is 5.32 Å². The highest BCUT2D eigenvalue weighted by Gasteiger charge is 2.31. The molecule has 0 aliphatic heterocycles. The molecule has 0 saturated heterocycles. The zero-order valence-electron chi connectivity index (χ0n) is 11.8. The van der Waals surface area contributed by atoms with Crippen molar-refractivity contribution in [1.29, 1.82) is 0 Å². The van der Waals surface area contributed by atoms with Crippen LogP contribution in [0.5, 0.6) is 5.75 Å². The molecule has 0 bridgehead atoms. The number of ether oxygens (including phenoxy) is 1.